The predicted octanol–water partition coefficient (Wildman–Crippen LogP) is 4.09. The number of rotatable bonds is 4. The predicted molar refractivity (Wildman–Crippen MR) is 104 cm³/mol. The largest absolute Gasteiger partial charge is 0.478 e. The number of carboxylic acid groups (broad SMARTS) is 1. The van der Waals surface area contributed by atoms with Crippen LogP contribution in [0.4, 0.5) is 5.00 Å². The normalized spacial score (nSPS) is 19.1. The molecular weight excluding hydrogens is 432 g/mol. The number of nitrogen functional groups attached to an aromatic ring is 1. The highest BCUT2D eigenvalue weighted by molar-refractivity contribution is 9.10. The van der Waals surface area contributed by atoms with Crippen molar-refractivity contribution >= 4 is 44.0 Å². The number of hydrogen-bond acceptors (Lipinski definition) is 6. The van der Waals surface area contributed by atoms with Crippen LogP contribution in [-0.4, -0.2) is 22.0 Å². The number of ketones is 1. The van der Waals surface area contributed by atoms with Gasteiger partial charge in [0.1, 0.15) is 15.4 Å². The molecule has 0 saturated heterocycles. The summed E-state index contributed by atoms with van der Waals surface area (Å²) in [5.74, 6) is -0.624. The van der Waals surface area contributed by atoms with Gasteiger partial charge in [0.25, 0.3) is 0 Å². The summed E-state index contributed by atoms with van der Waals surface area (Å²) in [6.07, 6.45) is 1.27. The van der Waals surface area contributed by atoms with Gasteiger partial charge in [0.15, 0.2) is 5.78 Å². The fourth-order valence-corrected chi connectivity index (χ4v) is 5.26. The minimum atomic E-state index is -1.09. The highest BCUT2D eigenvalue weighted by atomic mass is 79.9. The summed E-state index contributed by atoms with van der Waals surface area (Å²) in [6.45, 7) is 0. The number of carbonyl (C=O) groups is 2. The second-order valence-electron chi connectivity index (χ2n) is 6.52. The van der Waals surface area contributed by atoms with Gasteiger partial charge in [0, 0.05) is 12.5 Å². The topological polar surface area (TPSA) is 106 Å². The maximum Gasteiger partial charge on any atom is 0.338 e. The summed E-state index contributed by atoms with van der Waals surface area (Å²) in [4.78, 5) is 25.6. The van der Waals surface area contributed by atoms with Gasteiger partial charge in [-0.05, 0) is 39.9 Å². The van der Waals surface area contributed by atoms with Crippen molar-refractivity contribution in [2.24, 2.45) is 0 Å². The van der Waals surface area contributed by atoms with E-state index in [-0.39, 0.29) is 16.3 Å². The Morgan fingerprint density at radius 2 is 2.11 bits per heavy atom. The standard InChI is InChI=1S/C19H15BrN2O4S/c20-13-8-11(26-22-13)9-19(10-4-2-1-3-5-10)7-6-12-14(18(24)25)17(21)27-15(12)16(19)23/h1-5,8H,6-7,9,21H2,(H,24,25). The van der Waals surface area contributed by atoms with E-state index >= 15 is 0 Å². The number of carboxylic acids is 1. The molecule has 0 fully saturated rings. The SMILES string of the molecule is Nc1sc2c(c1C(=O)O)CCC(Cc1cc(Br)no1)(c1ccccc1)C2=O. The van der Waals surface area contributed by atoms with Crippen LogP contribution in [0, 0.1) is 0 Å². The molecule has 3 N–H and O–H groups in total. The minimum Gasteiger partial charge on any atom is -0.478 e. The average Bonchev–Trinajstić information content (AvgIpc) is 3.21. The first-order valence-electron chi connectivity index (χ1n) is 8.28. The molecule has 0 bridgehead atoms. The van der Waals surface area contributed by atoms with Gasteiger partial charge in [-0.3, -0.25) is 4.79 Å². The number of aromatic carboxylic acids is 1. The van der Waals surface area contributed by atoms with Gasteiger partial charge in [0.2, 0.25) is 0 Å². The maximum atomic E-state index is 13.6. The zero-order chi connectivity index (χ0) is 19.2. The smallest absolute Gasteiger partial charge is 0.338 e. The Morgan fingerprint density at radius 1 is 1.37 bits per heavy atom. The molecule has 2 heterocycles. The zero-order valence-electron chi connectivity index (χ0n) is 14.1. The maximum absolute atomic E-state index is 13.6. The summed E-state index contributed by atoms with van der Waals surface area (Å²) in [5, 5.41) is 13.5. The first-order chi connectivity index (χ1) is 12.9. The van der Waals surface area contributed by atoms with E-state index in [1.807, 2.05) is 30.3 Å². The van der Waals surface area contributed by atoms with Crippen molar-refractivity contribution in [1.29, 1.82) is 0 Å². The number of fused-ring (bicyclic) bond motifs is 1. The van der Waals surface area contributed by atoms with Crippen LogP contribution in [0.2, 0.25) is 0 Å². The molecule has 6 nitrogen and oxygen atoms in total. The van der Waals surface area contributed by atoms with E-state index in [1.54, 1.807) is 6.07 Å². The molecule has 1 unspecified atom stereocenters. The lowest BCUT2D eigenvalue weighted by atomic mass is 9.66. The summed E-state index contributed by atoms with van der Waals surface area (Å²) < 4.78 is 5.92. The van der Waals surface area contributed by atoms with Crippen LogP contribution >= 0.6 is 27.3 Å². The molecule has 0 amide bonds. The van der Waals surface area contributed by atoms with Crippen LogP contribution in [0.25, 0.3) is 0 Å². The van der Waals surface area contributed by atoms with Crippen LogP contribution in [0.3, 0.4) is 0 Å². The third kappa shape index (κ3) is 2.89. The van der Waals surface area contributed by atoms with E-state index in [1.165, 1.54) is 0 Å². The lowest BCUT2D eigenvalue weighted by molar-refractivity contribution is 0.0697. The van der Waals surface area contributed by atoms with Crippen molar-refractivity contribution in [3.8, 4) is 0 Å². The second-order valence-corrected chi connectivity index (χ2v) is 8.39. The van der Waals surface area contributed by atoms with Crippen LogP contribution in [0.15, 0.2) is 45.5 Å². The Morgan fingerprint density at radius 3 is 2.74 bits per heavy atom. The number of nitrogens with zero attached hydrogens (tertiary/aromatic N) is 1. The van der Waals surface area contributed by atoms with Gasteiger partial charge in [0.05, 0.1) is 15.9 Å². The number of hydrogen-bond donors (Lipinski definition) is 2. The zero-order valence-corrected chi connectivity index (χ0v) is 16.5. The number of anilines is 1. The van der Waals surface area contributed by atoms with Gasteiger partial charge in [-0.15, -0.1) is 11.3 Å². The van der Waals surface area contributed by atoms with Crippen LogP contribution in [0.1, 0.15) is 43.3 Å². The van der Waals surface area contributed by atoms with Gasteiger partial charge < -0.3 is 15.4 Å². The molecule has 0 saturated carbocycles. The minimum absolute atomic E-state index is 0.0624. The Bertz CT molecular complexity index is 1040. The molecule has 27 heavy (non-hydrogen) atoms. The average molecular weight is 447 g/mol. The molecule has 1 aliphatic carbocycles. The van der Waals surface area contributed by atoms with Crippen LogP contribution in [0.5, 0.6) is 0 Å². The number of nitrogens with two attached hydrogens (primary N) is 1. The summed E-state index contributed by atoms with van der Waals surface area (Å²) >= 11 is 4.33. The molecule has 1 aromatic carbocycles. The monoisotopic (exact) mass is 446 g/mol. The molecule has 1 aliphatic rings. The van der Waals surface area contributed by atoms with E-state index in [9.17, 15) is 14.7 Å². The summed E-state index contributed by atoms with van der Waals surface area (Å²) in [6, 6.07) is 11.3. The number of thiophene rings is 1. The number of carbonyl (C=O) groups excluding carboxylic acids is 1. The third-order valence-corrected chi connectivity index (χ3v) is 6.46. The van der Waals surface area contributed by atoms with Crippen LogP contribution in [-0.2, 0) is 18.3 Å². The molecule has 138 valence electrons. The van der Waals surface area contributed by atoms with Crippen molar-refractivity contribution in [1.82, 2.24) is 5.16 Å². The number of benzene rings is 1. The quantitative estimate of drug-likeness (QED) is 0.624. The molecule has 8 heteroatoms. The second kappa shape index (κ2) is 6.61. The molecule has 1 atom stereocenters. The molecule has 2 aromatic heterocycles. The highest BCUT2D eigenvalue weighted by Gasteiger charge is 2.47. The Balaban J connectivity index is 1.86. The third-order valence-electron chi connectivity index (χ3n) is 5.02. The van der Waals surface area contributed by atoms with Crippen molar-refractivity contribution < 1.29 is 19.2 Å². The molecular formula is C19H15BrN2O4S. The lowest BCUT2D eigenvalue weighted by Gasteiger charge is -2.35. The van der Waals surface area contributed by atoms with Crippen LogP contribution < -0.4 is 5.73 Å². The molecule has 0 spiro atoms. The molecule has 4 rings (SSSR count). The molecule has 0 aliphatic heterocycles. The fraction of sp³-hybridized carbons (Fsp3) is 0.211. The van der Waals surface area contributed by atoms with Crippen molar-refractivity contribution in [2.75, 3.05) is 5.73 Å². The van der Waals surface area contributed by atoms with Gasteiger partial charge in [-0.1, -0.05) is 35.5 Å². The van der Waals surface area contributed by atoms with E-state index in [0.717, 1.165) is 16.9 Å². The molecule has 3 aromatic rings. The van der Waals surface area contributed by atoms with E-state index in [4.69, 9.17) is 10.3 Å². The number of aromatic nitrogens is 1. The lowest BCUT2D eigenvalue weighted by Crippen LogP contribution is -2.41. The summed E-state index contributed by atoms with van der Waals surface area (Å²) in [7, 11) is 0. The van der Waals surface area contributed by atoms with Gasteiger partial charge in [-0.2, -0.15) is 0 Å². The van der Waals surface area contributed by atoms with E-state index in [2.05, 4.69) is 21.1 Å². The first-order valence-corrected chi connectivity index (χ1v) is 9.89. The Hall–Kier alpha value is -2.45. The Kier molecular flexibility index (Phi) is 4.39. The molecule has 0 radical (unpaired) electrons. The Labute approximate surface area is 167 Å². The number of halogens is 1. The first kappa shape index (κ1) is 17.9. The number of Topliss-reactive ketones (excluding diaryl/α,β-unsaturated/α-hetero) is 1. The van der Waals surface area contributed by atoms with E-state index in [0.29, 0.717) is 40.1 Å². The fourth-order valence-electron chi connectivity index (χ4n) is 3.78. The van der Waals surface area contributed by atoms with Gasteiger partial charge in [-0.25, -0.2) is 4.79 Å². The van der Waals surface area contributed by atoms with Crippen molar-refractivity contribution in [3.63, 3.8) is 0 Å². The van der Waals surface area contributed by atoms with Crippen molar-refractivity contribution in [3.05, 3.63) is 68.3 Å². The van der Waals surface area contributed by atoms with Gasteiger partial charge >= 0.3 is 5.97 Å². The van der Waals surface area contributed by atoms with Crippen molar-refractivity contribution in [2.45, 2.75) is 24.7 Å². The highest BCUT2D eigenvalue weighted by Crippen LogP contribution is 2.46. The summed E-state index contributed by atoms with van der Waals surface area (Å²) in [5.41, 5.74) is 6.55. The van der Waals surface area contributed by atoms with E-state index < -0.39 is 11.4 Å².